The third-order valence-electron chi connectivity index (χ3n) is 3.82. The van der Waals surface area contributed by atoms with E-state index in [1.807, 2.05) is 36.4 Å². The summed E-state index contributed by atoms with van der Waals surface area (Å²) in [7, 11) is 1.73. The predicted octanol–water partition coefficient (Wildman–Crippen LogP) is 3.99. The Morgan fingerprint density at radius 1 is 0.958 bits per heavy atom. The molecule has 0 radical (unpaired) electrons. The molecular weight excluding hydrogens is 300 g/mol. The molecule has 124 valence electrons. The molecule has 4 nitrogen and oxygen atoms in total. The first kappa shape index (κ1) is 16.4. The van der Waals surface area contributed by atoms with Crippen molar-refractivity contribution >= 4 is 0 Å². The van der Waals surface area contributed by atoms with E-state index in [9.17, 15) is 0 Å². The molecule has 1 aromatic heterocycles. The van der Waals surface area contributed by atoms with E-state index in [1.54, 1.807) is 13.4 Å². The van der Waals surface area contributed by atoms with Gasteiger partial charge in [-0.3, -0.25) is 4.90 Å². The SMILES string of the molecule is COCCN(Cc1ccccc1)Cc1coc(-c2ccccc2)n1. The number of hydrogen-bond donors (Lipinski definition) is 0. The Kier molecular flexibility index (Phi) is 5.77. The molecule has 0 unspecified atom stereocenters. The molecule has 0 saturated heterocycles. The number of oxazole rings is 1. The standard InChI is InChI=1S/C20H22N2O2/c1-23-13-12-22(14-17-8-4-2-5-9-17)15-19-16-24-20(21-19)18-10-6-3-7-11-18/h2-11,16H,12-15H2,1H3. The topological polar surface area (TPSA) is 38.5 Å². The predicted molar refractivity (Wildman–Crippen MR) is 94.4 cm³/mol. The number of hydrogen-bond acceptors (Lipinski definition) is 4. The van der Waals surface area contributed by atoms with Gasteiger partial charge in [0.2, 0.25) is 5.89 Å². The van der Waals surface area contributed by atoms with E-state index in [2.05, 4.69) is 34.1 Å². The van der Waals surface area contributed by atoms with Crippen molar-refractivity contribution in [1.82, 2.24) is 9.88 Å². The van der Waals surface area contributed by atoms with Crippen LogP contribution in [0.2, 0.25) is 0 Å². The summed E-state index contributed by atoms with van der Waals surface area (Å²) < 4.78 is 10.9. The molecule has 1 heterocycles. The molecule has 3 rings (SSSR count). The van der Waals surface area contributed by atoms with Crippen LogP contribution in [0.15, 0.2) is 71.3 Å². The lowest BCUT2D eigenvalue weighted by molar-refractivity contribution is 0.139. The van der Waals surface area contributed by atoms with E-state index in [0.29, 0.717) is 12.5 Å². The maximum atomic E-state index is 5.64. The number of aromatic nitrogens is 1. The van der Waals surface area contributed by atoms with Gasteiger partial charge >= 0.3 is 0 Å². The van der Waals surface area contributed by atoms with E-state index >= 15 is 0 Å². The van der Waals surface area contributed by atoms with Crippen molar-refractivity contribution in [3.63, 3.8) is 0 Å². The molecule has 0 aliphatic rings. The molecule has 0 aliphatic carbocycles. The quantitative estimate of drug-likeness (QED) is 0.628. The molecule has 0 atom stereocenters. The van der Waals surface area contributed by atoms with Gasteiger partial charge in [0.15, 0.2) is 0 Å². The number of rotatable bonds is 8. The highest BCUT2D eigenvalue weighted by Gasteiger charge is 2.11. The van der Waals surface area contributed by atoms with Gasteiger partial charge in [0.25, 0.3) is 0 Å². The Morgan fingerprint density at radius 3 is 2.38 bits per heavy atom. The van der Waals surface area contributed by atoms with Crippen LogP contribution >= 0.6 is 0 Å². The monoisotopic (exact) mass is 322 g/mol. The summed E-state index contributed by atoms with van der Waals surface area (Å²) in [5.41, 5.74) is 3.21. The van der Waals surface area contributed by atoms with Crippen molar-refractivity contribution in [1.29, 1.82) is 0 Å². The fourth-order valence-electron chi connectivity index (χ4n) is 2.60. The number of ether oxygens (including phenoxy) is 1. The Morgan fingerprint density at radius 2 is 1.67 bits per heavy atom. The van der Waals surface area contributed by atoms with Gasteiger partial charge < -0.3 is 9.15 Å². The molecule has 4 heteroatoms. The number of benzene rings is 2. The first-order valence-corrected chi connectivity index (χ1v) is 8.10. The van der Waals surface area contributed by atoms with E-state index < -0.39 is 0 Å². The van der Waals surface area contributed by atoms with Crippen molar-refractivity contribution in [2.75, 3.05) is 20.3 Å². The van der Waals surface area contributed by atoms with Gasteiger partial charge in [-0.05, 0) is 17.7 Å². The molecule has 24 heavy (non-hydrogen) atoms. The van der Waals surface area contributed by atoms with Crippen LogP contribution in [0.25, 0.3) is 11.5 Å². The van der Waals surface area contributed by atoms with Crippen LogP contribution in [0.4, 0.5) is 0 Å². The van der Waals surface area contributed by atoms with Crippen molar-refractivity contribution < 1.29 is 9.15 Å². The summed E-state index contributed by atoms with van der Waals surface area (Å²) in [6.07, 6.45) is 1.74. The zero-order chi connectivity index (χ0) is 16.6. The van der Waals surface area contributed by atoms with Crippen LogP contribution in [0, 0.1) is 0 Å². The molecule has 0 amide bonds. The lowest BCUT2D eigenvalue weighted by Gasteiger charge is -2.20. The largest absolute Gasteiger partial charge is 0.444 e. The summed E-state index contributed by atoms with van der Waals surface area (Å²) >= 11 is 0. The minimum Gasteiger partial charge on any atom is -0.444 e. The maximum Gasteiger partial charge on any atom is 0.226 e. The van der Waals surface area contributed by atoms with E-state index in [0.717, 1.165) is 30.9 Å². The highest BCUT2D eigenvalue weighted by molar-refractivity contribution is 5.52. The zero-order valence-corrected chi connectivity index (χ0v) is 13.9. The van der Waals surface area contributed by atoms with Gasteiger partial charge in [0, 0.05) is 32.3 Å². The van der Waals surface area contributed by atoms with Crippen LogP contribution in [0.3, 0.4) is 0 Å². The van der Waals surface area contributed by atoms with Crippen LogP contribution in [-0.2, 0) is 17.8 Å². The molecule has 0 saturated carbocycles. The highest BCUT2D eigenvalue weighted by atomic mass is 16.5. The van der Waals surface area contributed by atoms with Crippen molar-refractivity contribution in [3.05, 3.63) is 78.2 Å². The lowest BCUT2D eigenvalue weighted by atomic mass is 10.2. The Bertz CT molecular complexity index is 726. The average molecular weight is 322 g/mol. The summed E-state index contributed by atoms with van der Waals surface area (Å²) in [6, 6.07) is 20.4. The highest BCUT2D eigenvalue weighted by Crippen LogP contribution is 2.19. The second-order valence-electron chi connectivity index (χ2n) is 5.70. The van der Waals surface area contributed by atoms with Crippen LogP contribution in [0.5, 0.6) is 0 Å². The average Bonchev–Trinajstić information content (AvgIpc) is 3.10. The Labute approximate surface area is 142 Å². The molecule has 3 aromatic rings. The third-order valence-corrected chi connectivity index (χ3v) is 3.82. The van der Waals surface area contributed by atoms with E-state index in [1.165, 1.54) is 5.56 Å². The molecule has 0 fully saturated rings. The second kappa shape index (κ2) is 8.43. The van der Waals surface area contributed by atoms with Gasteiger partial charge in [0.1, 0.15) is 6.26 Å². The smallest absolute Gasteiger partial charge is 0.226 e. The van der Waals surface area contributed by atoms with E-state index in [4.69, 9.17) is 9.15 Å². The van der Waals surface area contributed by atoms with Crippen molar-refractivity contribution in [2.24, 2.45) is 0 Å². The summed E-state index contributed by atoms with van der Waals surface area (Å²) in [5.74, 6) is 0.664. The third kappa shape index (κ3) is 4.54. The Balaban J connectivity index is 1.69. The normalized spacial score (nSPS) is 11.1. The first-order chi connectivity index (χ1) is 11.8. The summed E-state index contributed by atoms with van der Waals surface area (Å²) in [5, 5.41) is 0. The van der Waals surface area contributed by atoms with Crippen molar-refractivity contribution in [3.8, 4) is 11.5 Å². The minimum atomic E-state index is 0.664. The van der Waals surface area contributed by atoms with Gasteiger partial charge in [-0.2, -0.15) is 0 Å². The zero-order valence-electron chi connectivity index (χ0n) is 13.9. The van der Waals surface area contributed by atoms with Gasteiger partial charge in [-0.25, -0.2) is 4.98 Å². The van der Waals surface area contributed by atoms with Crippen LogP contribution in [0.1, 0.15) is 11.3 Å². The van der Waals surface area contributed by atoms with Crippen molar-refractivity contribution in [2.45, 2.75) is 13.1 Å². The fourth-order valence-corrected chi connectivity index (χ4v) is 2.60. The van der Waals surface area contributed by atoms with Crippen LogP contribution < -0.4 is 0 Å². The summed E-state index contributed by atoms with van der Waals surface area (Å²) in [6.45, 7) is 3.13. The molecule has 0 spiro atoms. The Hall–Kier alpha value is -2.43. The van der Waals surface area contributed by atoms with Gasteiger partial charge in [-0.1, -0.05) is 48.5 Å². The molecule has 2 aromatic carbocycles. The molecule has 0 aliphatic heterocycles. The first-order valence-electron chi connectivity index (χ1n) is 8.10. The molecule has 0 bridgehead atoms. The summed E-state index contributed by atoms with van der Waals surface area (Å²) in [4.78, 5) is 6.93. The molecular formula is C20H22N2O2. The minimum absolute atomic E-state index is 0.664. The molecule has 0 N–H and O–H groups in total. The van der Waals surface area contributed by atoms with Crippen LogP contribution in [-0.4, -0.2) is 30.1 Å². The number of nitrogens with zero attached hydrogens (tertiary/aromatic N) is 2. The fraction of sp³-hybridized carbons (Fsp3) is 0.250. The van der Waals surface area contributed by atoms with E-state index in [-0.39, 0.29) is 0 Å². The maximum absolute atomic E-state index is 5.64. The van der Waals surface area contributed by atoms with Gasteiger partial charge in [-0.15, -0.1) is 0 Å². The second-order valence-corrected chi connectivity index (χ2v) is 5.70. The number of methoxy groups -OCH3 is 1. The lowest BCUT2D eigenvalue weighted by Crippen LogP contribution is -2.26. The van der Waals surface area contributed by atoms with Gasteiger partial charge in [0.05, 0.1) is 12.3 Å².